The molecule has 0 aliphatic carbocycles. The molecule has 16 heavy (non-hydrogen) atoms. The van der Waals surface area contributed by atoms with Crippen molar-refractivity contribution in [3.05, 3.63) is 17.1 Å². The number of hydrogen-bond donors (Lipinski definition) is 1. The fraction of sp³-hybridized carbons (Fsp3) is 0.500. The molecule has 6 nitrogen and oxygen atoms in total. The normalized spacial score (nSPS) is 14.9. The topological polar surface area (TPSA) is 75.5 Å². The van der Waals surface area contributed by atoms with Crippen LogP contribution in [0, 0.1) is 0 Å². The highest BCUT2D eigenvalue weighted by Gasteiger charge is 2.23. The van der Waals surface area contributed by atoms with Crippen LogP contribution in [0.1, 0.15) is 17.1 Å². The predicted octanol–water partition coefficient (Wildman–Crippen LogP) is 0.0577. The van der Waals surface area contributed by atoms with E-state index in [0.717, 1.165) is 17.8 Å². The standard InChI is InChI=1S/C10H13N3O3/c1-13-4-6-7(5-13)11-8(3-9(14)15)12-10(6)16-2/h3-5H2,1-2H3,(H,14,15). The summed E-state index contributed by atoms with van der Waals surface area (Å²) >= 11 is 0. The van der Waals surface area contributed by atoms with Crippen molar-refractivity contribution >= 4 is 5.97 Å². The van der Waals surface area contributed by atoms with E-state index in [0.29, 0.717) is 18.2 Å². The Hall–Kier alpha value is -1.69. The van der Waals surface area contributed by atoms with E-state index in [1.807, 2.05) is 7.05 Å². The van der Waals surface area contributed by atoms with Gasteiger partial charge in [-0.25, -0.2) is 4.98 Å². The fourth-order valence-electron chi connectivity index (χ4n) is 1.81. The second-order valence-electron chi connectivity index (χ2n) is 3.82. The summed E-state index contributed by atoms with van der Waals surface area (Å²) in [7, 11) is 3.50. The van der Waals surface area contributed by atoms with Crippen LogP contribution in [-0.4, -0.2) is 40.1 Å². The lowest BCUT2D eigenvalue weighted by Gasteiger charge is -2.06. The molecule has 6 heteroatoms. The van der Waals surface area contributed by atoms with Crippen LogP contribution < -0.4 is 4.74 Å². The maximum Gasteiger partial charge on any atom is 0.311 e. The number of aromatic nitrogens is 2. The van der Waals surface area contributed by atoms with E-state index < -0.39 is 5.97 Å². The summed E-state index contributed by atoms with van der Waals surface area (Å²) in [6.45, 7) is 1.45. The van der Waals surface area contributed by atoms with E-state index in [1.54, 1.807) is 0 Å². The number of aliphatic carboxylic acids is 1. The van der Waals surface area contributed by atoms with Crippen LogP contribution in [0.4, 0.5) is 0 Å². The zero-order chi connectivity index (χ0) is 11.7. The van der Waals surface area contributed by atoms with Crippen molar-refractivity contribution in [2.75, 3.05) is 14.2 Å². The third-order valence-corrected chi connectivity index (χ3v) is 2.45. The maximum absolute atomic E-state index is 10.6. The molecule has 0 spiro atoms. The summed E-state index contributed by atoms with van der Waals surface area (Å²) in [6.07, 6.45) is -0.173. The molecule has 0 bridgehead atoms. The number of hydrogen-bond acceptors (Lipinski definition) is 5. The van der Waals surface area contributed by atoms with Gasteiger partial charge in [0.25, 0.3) is 0 Å². The number of fused-ring (bicyclic) bond motifs is 1. The van der Waals surface area contributed by atoms with Gasteiger partial charge in [-0.1, -0.05) is 0 Å². The van der Waals surface area contributed by atoms with Crippen LogP contribution in [-0.2, 0) is 24.3 Å². The molecular weight excluding hydrogens is 210 g/mol. The van der Waals surface area contributed by atoms with Crippen molar-refractivity contribution in [2.24, 2.45) is 0 Å². The first kappa shape index (κ1) is 10.8. The minimum atomic E-state index is -0.937. The van der Waals surface area contributed by atoms with Crippen molar-refractivity contribution in [1.29, 1.82) is 0 Å². The van der Waals surface area contributed by atoms with Gasteiger partial charge in [-0.05, 0) is 7.05 Å². The second-order valence-corrected chi connectivity index (χ2v) is 3.82. The number of nitrogens with zero attached hydrogens (tertiary/aromatic N) is 3. The Morgan fingerprint density at radius 1 is 1.50 bits per heavy atom. The Balaban J connectivity index is 2.38. The number of carboxylic acid groups (broad SMARTS) is 1. The second kappa shape index (κ2) is 4.05. The van der Waals surface area contributed by atoms with Crippen LogP contribution in [0.15, 0.2) is 0 Å². The highest BCUT2D eigenvalue weighted by Crippen LogP contribution is 2.27. The minimum absolute atomic E-state index is 0.173. The summed E-state index contributed by atoms with van der Waals surface area (Å²) in [5, 5.41) is 8.70. The summed E-state index contributed by atoms with van der Waals surface area (Å²) in [5.41, 5.74) is 1.82. The Morgan fingerprint density at radius 3 is 2.88 bits per heavy atom. The highest BCUT2D eigenvalue weighted by atomic mass is 16.5. The summed E-state index contributed by atoms with van der Waals surface area (Å²) in [4.78, 5) is 21.0. The van der Waals surface area contributed by atoms with Crippen molar-refractivity contribution < 1.29 is 14.6 Å². The van der Waals surface area contributed by atoms with E-state index in [9.17, 15) is 4.79 Å². The molecule has 1 aliphatic heterocycles. The number of carbonyl (C=O) groups is 1. The Kier molecular flexibility index (Phi) is 2.74. The molecule has 0 saturated carbocycles. The largest absolute Gasteiger partial charge is 0.481 e. The van der Waals surface area contributed by atoms with Crippen LogP contribution in [0.3, 0.4) is 0 Å². The zero-order valence-corrected chi connectivity index (χ0v) is 9.23. The van der Waals surface area contributed by atoms with Gasteiger partial charge in [-0.2, -0.15) is 4.98 Å². The number of rotatable bonds is 3. The summed E-state index contributed by atoms with van der Waals surface area (Å²) in [5.74, 6) is -0.141. The van der Waals surface area contributed by atoms with Gasteiger partial charge in [-0.3, -0.25) is 9.69 Å². The maximum atomic E-state index is 10.6. The third kappa shape index (κ3) is 1.96. The summed E-state index contributed by atoms with van der Waals surface area (Å²) < 4.78 is 5.16. The lowest BCUT2D eigenvalue weighted by Crippen LogP contribution is -2.09. The molecule has 1 aromatic rings. The molecule has 0 unspecified atom stereocenters. The van der Waals surface area contributed by atoms with Gasteiger partial charge in [0.2, 0.25) is 5.88 Å². The van der Waals surface area contributed by atoms with E-state index >= 15 is 0 Å². The predicted molar refractivity (Wildman–Crippen MR) is 55.1 cm³/mol. The van der Waals surface area contributed by atoms with Gasteiger partial charge in [-0.15, -0.1) is 0 Å². The molecule has 86 valence electrons. The molecule has 1 N–H and O–H groups in total. The Labute approximate surface area is 92.9 Å². The van der Waals surface area contributed by atoms with Gasteiger partial charge < -0.3 is 9.84 Å². The molecule has 0 atom stereocenters. The average Bonchev–Trinajstić information content (AvgIpc) is 2.56. The molecule has 0 fully saturated rings. The lowest BCUT2D eigenvalue weighted by molar-refractivity contribution is -0.136. The molecule has 1 aromatic heterocycles. The van der Waals surface area contributed by atoms with E-state index in [1.165, 1.54) is 7.11 Å². The first-order valence-corrected chi connectivity index (χ1v) is 4.93. The quantitative estimate of drug-likeness (QED) is 0.780. The average molecular weight is 223 g/mol. The van der Waals surface area contributed by atoms with Gasteiger partial charge in [0.05, 0.1) is 18.4 Å². The van der Waals surface area contributed by atoms with Crippen molar-refractivity contribution in [2.45, 2.75) is 19.5 Å². The molecule has 0 radical (unpaired) electrons. The Morgan fingerprint density at radius 2 is 2.25 bits per heavy atom. The minimum Gasteiger partial charge on any atom is -0.481 e. The van der Waals surface area contributed by atoms with Gasteiger partial charge >= 0.3 is 5.97 Å². The van der Waals surface area contributed by atoms with Crippen LogP contribution >= 0.6 is 0 Å². The number of methoxy groups -OCH3 is 1. The van der Waals surface area contributed by atoms with E-state index in [4.69, 9.17) is 9.84 Å². The number of ether oxygens (including phenoxy) is 1. The van der Waals surface area contributed by atoms with Crippen LogP contribution in [0.2, 0.25) is 0 Å². The zero-order valence-electron chi connectivity index (χ0n) is 9.23. The van der Waals surface area contributed by atoms with Crippen molar-refractivity contribution in [1.82, 2.24) is 14.9 Å². The molecule has 0 saturated heterocycles. The monoisotopic (exact) mass is 223 g/mol. The van der Waals surface area contributed by atoms with E-state index in [-0.39, 0.29) is 6.42 Å². The van der Waals surface area contributed by atoms with Crippen LogP contribution in [0.25, 0.3) is 0 Å². The molecular formula is C10H13N3O3. The van der Waals surface area contributed by atoms with Gasteiger partial charge in [0.15, 0.2) is 0 Å². The van der Waals surface area contributed by atoms with Gasteiger partial charge in [0.1, 0.15) is 12.2 Å². The van der Waals surface area contributed by atoms with Gasteiger partial charge in [0, 0.05) is 13.1 Å². The third-order valence-electron chi connectivity index (χ3n) is 2.45. The Bertz CT molecular complexity index is 434. The number of carboxylic acids is 1. The summed E-state index contributed by atoms with van der Waals surface area (Å²) in [6, 6.07) is 0. The molecule has 0 amide bonds. The molecule has 0 aromatic carbocycles. The highest BCUT2D eigenvalue weighted by molar-refractivity contribution is 5.69. The van der Waals surface area contributed by atoms with E-state index in [2.05, 4.69) is 14.9 Å². The first-order valence-electron chi connectivity index (χ1n) is 4.93. The fourth-order valence-corrected chi connectivity index (χ4v) is 1.81. The molecule has 1 aliphatic rings. The smallest absolute Gasteiger partial charge is 0.311 e. The molecule has 2 heterocycles. The SMILES string of the molecule is COc1nc(CC(=O)O)nc2c1CN(C)C2. The lowest BCUT2D eigenvalue weighted by atomic mass is 10.2. The van der Waals surface area contributed by atoms with Crippen molar-refractivity contribution in [3.63, 3.8) is 0 Å². The first-order chi connectivity index (χ1) is 7.60. The molecule has 2 rings (SSSR count). The van der Waals surface area contributed by atoms with Crippen molar-refractivity contribution in [3.8, 4) is 5.88 Å². The van der Waals surface area contributed by atoms with Crippen LogP contribution in [0.5, 0.6) is 5.88 Å².